The number of pyridine rings is 1. The molecule has 0 atom stereocenters. The highest BCUT2D eigenvalue weighted by Gasteiger charge is 2.08. The highest BCUT2D eigenvalue weighted by atomic mass is 15.1. The lowest BCUT2D eigenvalue weighted by Crippen LogP contribution is -1.85. The number of nitrogen functional groups attached to an aromatic ring is 1. The second-order valence-corrected chi connectivity index (χ2v) is 4.47. The van der Waals surface area contributed by atoms with Gasteiger partial charge in [0.2, 0.25) is 0 Å². The Morgan fingerprint density at radius 2 is 2.00 bits per heavy atom. The molecule has 4 rings (SSSR count). The molecule has 5 heteroatoms. The second-order valence-electron chi connectivity index (χ2n) is 4.47. The molecule has 5 nitrogen and oxygen atoms in total. The third kappa shape index (κ3) is 1.41. The van der Waals surface area contributed by atoms with Gasteiger partial charge in [0.05, 0.1) is 5.52 Å². The summed E-state index contributed by atoms with van der Waals surface area (Å²) >= 11 is 0. The topological polar surface area (TPSA) is 83.4 Å². The number of nitrogens with zero attached hydrogens (tertiary/aromatic N) is 2. The predicted molar refractivity (Wildman–Crippen MR) is 75.6 cm³/mol. The molecule has 0 amide bonds. The normalized spacial score (nSPS) is 11.4. The lowest BCUT2D eigenvalue weighted by Gasteiger charge is -2.03. The minimum absolute atomic E-state index is 0.524. The van der Waals surface area contributed by atoms with Crippen LogP contribution in [0.1, 0.15) is 0 Å². The SMILES string of the molecule is Nc1n[nH]c2ccc(-c3ccnc4[nH]ccc34)cc12. The van der Waals surface area contributed by atoms with E-state index in [1.807, 2.05) is 24.4 Å². The summed E-state index contributed by atoms with van der Waals surface area (Å²) in [7, 11) is 0. The summed E-state index contributed by atoms with van der Waals surface area (Å²) in [5.41, 5.74) is 9.92. The summed E-state index contributed by atoms with van der Waals surface area (Å²) in [4.78, 5) is 7.42. The molecule has 0 spiro atoms. The fraction of sp³-hybridized carbons (Fsp3) is 0. The molecule has 0 fully saturated rings. The van der Waals surface area contributed by atoms with E-state index in [0.717, 1.165) is 33.1 Å². The largest absolute Gasteiger partial charge is 0.382 e. The molecule has 0 saturated heterocycles. The fourth-order valence-electron chi connectivity index (χ4n) is 2.41. The van der Waals surface area contributed by atoms with Crippen molar-refractivity contribution in [3.05, 3.63) is 42.7 Å². The van der Waals surface area contributed by atoms with Crippen molar-refractivity contribution >= 4 is 27.8 Å². The summed E-state index contributed by atoms with van der Waals surface area (Å²) in [6.45, 7) is 0. The Bertz CT molecular complexity index is 887. The van der Waals surface area contributed by atoms with E-state index in [0.29, 0.717) is 5.82 Å². The summed E-state index contributed by atoms with van der Waals surface area (Å²) in [6, 6.07) is 10.1. The van der Waals surface area contributed by atoms with Crippen molar-refractivity contribution in [2.75, 3.05) is 5.73 Å². The first-order valence-electron chi connectivity index (χ1n) is 5.99. The minimum atomic E-state index is 0.524. The van der Waals surface area contributed by atoms with E-state index in [-0.39, 0.29) is 0 Å². The zero-order chi connectivity index (χ0) is 12.8. The Kier molecular flexibility index (Phi) is 1.91. The lowest BCUT2D eigenvalue weighted by molar-refractivity contribution is 1.13. The second kappa shape index (κ2) is 3.58. The number of rotatable bonds is 1. The number of hydrogen-bond acceptors (Lipinski definition) is 3. The van der Waals surface area contributed by atoms with Crippen molar-refractivity contribution in [3.63, 3.8) is 0 Å². The maximum atomic E-state index is 5.85. The highest BCUT2D eigenvalue weighted by molar-refractivity contribution is 5.98. The van der Waals surface area contributed by atoms with Gasteiger partial charge in [-0.2, -0.15) is 5.10 Å². The van der Waals surface area contributed by atoms with Gasteiger partial charge in [0.15, 0.2) is 5.82 Å². The molecule has 0 saturated carbocycles. The first kappa shape index (κ1) is 10.1. The zero-order valence-corrected chi connectivity index (χ0v) is 10.0. The number of benzene rings is 1. The van der Waals surface area contributed by atoms with Gasteiger partial charge in [-0.1, -0.05) is 6.07 Å². The van der Waals surface area contributed by atoms with Crippen molar-refractivity contribution in [2.24, 2.45) is 0 Å². The predicted octanol–water partition coefficient (Wildman–Crippen LogP) is 2.69. The molecule has 0 radical (unpaired) electrons. The summed E-state index contributed by atoms with van der Waals surface area (Å²) in [6.07, 6.45) is 3.70. The molecular formula is C14H11N5. The standard InChI is InChI=1S/C14H11N5/c15-13-11-7-8(1-2-12(11)18-19-13)9-3-5-16-14-10(9)4-6-17-14/h1-7H,(H,16,17)(H3,15,18,19). The third-order valence-corrected chi connectivity index (χ3v) is 3.36. The van der Waals surface area contributed by atoms with Gasteiger partial charge >= 0.3 is 0 Å². The maximum Gasteiger partial charge on any atom is 0.153 e. The summed E-state index contributed by atoms with van der Waals surface area (Å²) in [5.74, 6) is 0.524. The van der Waals surface area contributed by atoms with Crippen LogP contribution in [0.4, 0.5) is 5.82 Å². The average Bonchev–Trinajstić information content (AvgIpc) is 3.05. The van der Waals surface area contributed by atoms with E-state index in [4.69, 9.17) is 5.73 Å². The monoisotopic (exact) mass is 249 g/mol. The van der Waals surface area contributed by atoms with Crippen LogP contribution in [0.3, 0.4) is 0 Å². The molecule has 4 aromatic rings. The van der Waals surface area contributed by atoms with E-state index in [2.05, 4.69) is 32.3 Å². The highest BCUT2D eigenvalue weighted by Crippen LogP contribution is 2.30. The van der Waals surface area contributed by atoms with Gasteiger partial charge in [0.25, 0.3) is 0 Å². The first-order valence-corrected chi connectivity index (χ1v) is 5.99. The van der Waals surface area contributed by atoms with Crippen molar-refractivity contribution in [2.45, 2.75) is 0 Å². The van der Waals surface area contributed by atoms with Crippen LogP contribution in [0.25, 0.3) is 33.1 Å². The number of hydrogen-bond donors (Lipinski definition) is 3. The van der Waals surface area contributed by atoms with Crippen LogP contribution in [0.2, 0.25) is 0 Å². The van der Waals surface area contributed by atoms with Crippen LogP contribution in [0, 0.1) is 0 Å². The molecule has 3 heterocycles. The number of nitrogens with two attached hydrogens (primary N) is 1. The van der Waals surface area contributed by atoms with E-state index < -0.39 is 0 Å². The number of fused-ring (bicyclic) bond motifs is 2. The molecular weight excluding hydrogens is 238 g/mol. The molecule has 1 aromatic carbocycles. The summed E-state index contributed by atoms with van der Waals surface area (Å²) in [5, 5.41) is 8.97. The molecule has 0 aliphatic heterocycles. The fourth-order valence-corrected chi connectivity index (χ4v) is 2.41. The molecule has 0 unspecified atom stereocenters. The van der Waals surface area contributed by atoms with E-state index in [1.165, 1.54) is 0 Å². The van der Waals surface area contributed by atoms with Gasteiger partial charge in [0, 0.05) is 23.2 Å². The molecule has 92 valence electrons. The molecule has 0 bridgehead atoms. The van der Waals surface area contributed by atoms with E-state index in [1.54, 1.807) is 6.20 Å². The van der Waals surface area contributed by atoms with Crippen LogP contribution >= 0.6 is 0 Å². The number of nitrogens with one attached hydrogen (secondary N) is 2. The minimum Gasteiger partial charge on any atom is -0.382 e. The Morgan fingerprint density at radius 1 is 1.05 bits per heavy atom. The quantitative estimate of drug-likeness (QED) is 0.485. The Balaban J connectivity index is 2.03. The van der Waals surface area contributed by atoms with Gasteiger partial charge in [-0.15, -0.1) is 0 Å². The van der Waals surface area contributed by atoms with E-state index in [9.17, 15) is 0 Å². The Labute approximate surface area is 108 Å². The lowest BCUT2D eigenvalue weighted by atomic mass is 10.0. The first-order chi connectivity index (χ1) is 9.33. The number of H-pyrrole nitrogens is 2. The van der Waals surface area contributed by atoms with Crippen LogP contribution < -0.4 is 5.73 Å². The van der Waals surface area contributed by atoms with Crippen LogP contribution in [-0.4, -0.2) is 20.2 Å². The molecule has 0 aliphatic rings. The number of aromatic amines is 2. The van der Waals surface area contributed by atoms with Crippen LogP contribution in [0.5, 0.6) is 0 Å². The van der Waals surface area contributed by atoms with Gasteiger partial charge in [-0.3, -0.25) is 5.10 Å². The molecule has 4 N–H and O–H groups in total. The smallest absolute Gasteiger partial charge is 0.153 e. The van der Waals surface area contributed by atoms with Crippen LogP contribution in [-0.2, 0) is 0 Å². The van der Waals surface area contributed by atoms with Crippen LogP contribution in [0.15, 0.2) is 42.7 Å². The summed E-state index contributed by atoms with van der Waals surface area (Å²) < 4.78 is 0. The van der Waals surface area contributed by atoms with Crippen molar-refractivity contribution < 1.29 is 0 Å². The average molecular weight is 249 g/mol. The molecule has 19 heavy (non-hydrogen) atoms. The van der Waals surface area contributed by atoms with E-state index >= 15 is 0 Å². The van der Waals surface area contributed by atoms with Crippen molar-refractivity contribution in [3.8, 4) is 11.1 Å². The van der Waals surface area contributed by atoms with Crippen molar-refractivity contribution in [1.29, 1.82) is 0 Å². The zero-order valence-electron chi connectivity index (χ0n) is 10.0. The van der Waals surface area contributed by atoms with Gasteiger partial charge in [-0.05, 0) is 35.4 Å². The third-order valence-electron chi connectivity index (χ3n) is 3.36. The van der Waals surface area contributed by atoms with Crippen molar-refractivity contribution in [1.82, 2.24) is 20.2 Å². The molecule has 3 aromatic heterocycles. The Morgan fingerprint density at radius 3 is 2.95 bits per heavy atom. The maximum absolute atomic E-state index is 5.85. The Hall–Kier alpha value is -2.82. The molecule has 0 aliphatic carbocycles. The number of aromatic nitrogens is 4. The van der Waals surface area contributed by atoms with Gasteiger partial charge < -0.3 is 10.7 Å². The van der Waals surface area contributed by atoms with Gasteiger partial charge in [-0.25, -0.2) is 4.98 Å². The number of anilines is 1. The van der Waals surface area contributed by atoms with Gasteiger partial charge in [0.1, 0.15) is 5.65 Å².